The molecule has 0 radical (unpaired) electrons. The van der Waals surface area contributed by atoms with Crippen LogP contribution in [0.1, 0.15) is 55.1 Å². The molecule has 0 atom stereocenters. The summed E-state index contributed by atoms with van der Waals surface area (Å²) in [7, 11) is 0. The first-order chi connectivity index (χ1) is 9.00. The molecule has 0 spiro atoms. The van der Waals surface area contributed by atoms with Crippen LogP contribution in [0.2, 0.25) is 0 Å². The number of hydrogen-bond acceptors (Lipinski definition) is 3. The monoisotopic (exact) mass is 264 g/mol. The Kier molecular flexibility index (Phi) is 4.02. The number of aromatic nitrogens is 2. The highest BCUT2D eigenvalue weighted by Gasteiger charge is 2.22. The van der Waals surface area contributed by atoms with Gasteiger partial charge in [0, 0.05) is 23.9 Å². The van der Waals surface area contributed by atoms with E-state index in [2.05, 4.69) is 4.98 Å². The Hall–Kier alpha value is -1.65. The van der Waals surface area contributed by atoms with E-state index in [1.165, 1.54) is 0 Å². The third-order valence-corrected chi connectivity index (χ3v) is 3.98. The van der Waals surface area contributed by atoms with Gasteiger partial charge in [-0.05, 0) is 38.7 Å². The summed E-state index contributed by atoms with van der Waals surface area (Å²) in [5.41, 5.74) is 2.28. The van der Waals surface area contributed by atoms with Crippen LogP contribution in [0.25, 0.3) is 0 Å². The molecule has 0 bridgehead atoms. The van der Waals surface area contributed by atoms with E-state index in [-0.39, 0.29) is 18.2 Å². The van der Waals surface area contributed by atoms with Crippen molar-refractivity contribution in [2.75, 3.05) is 0 Å². The lowest BCUT2D eigenvalue weighted by Gasteiger charge is -2.20. The van der Waals surface area contributed by atoms with Gasteiger partial charge in [-0.1, -0.05) is 12.8 Å². The minimum Gasteiger partial charge on any atom is -0.481 e. The highest BCUT2D eigenvalue weighted by molar-refractivity contribution is 5.67. The molecule has 5 nitrogen and oxygen atoms in total. The molecule has 5 heteroatoms. The second kappa shape index (κ2) is 5.55. The molecule has 0 aromatic carbocycles. The molecule has 1 aromatic rings. The number of carboxylic acids is 1. The molecule has 0 amide bonds. The van der Waals surface area contributed by atoms with E-state index in [9.17, 15) is 9.59 Å². The maximum Gasteiger partial charge on any atom is 0.348 e. The Morgan fingerprint density at radius 2 is 2.00 bits per heavy atom. The summed E-state index contributed by atoms with van der Waals surface area (Å²) in [6, 6.07) is 0.240. The van der Waals surface area contributed by atoms with Crippen LogP contribution in [0.15, 0.2) is 4.79 Å². The van der Waals surface area contributed by atoms with E-state index in [1.807, 2.05) is 6.92 Å². The summed E-state index contributed by atoms with van der Waals surface area (Å²) in [5.74, 6) is -0.822. The lowest BCUT2D eigenvalue weighted by Crippen LogP contribution is -2.30. The van der Waals surface area contributed by atoms with Crippen molar-refractivity contribution in [3.8, 4) is 0 Å². The van der Waals surface area contributed by atoms with Crippen molar-refractivity contribution in [3.63, 3.8) is 0 Å². The van der Waals surface area contributed by atoms with Gasteiger partial charge in [0.25, 0.3) is 0 Å². The molecule has 1 aliphatic carbocycles. The predicted octanol–water partition coefficient (Wildman–Crippen LogP) is 1.99. The normalized spacial score (nSPS) is 15.9. The van der Waals surface area contributed by atoms with E-state index >= 15 is 0 Å². The van der Waals surface area contributed by atoms with Gasteiger partial charge < -0.3 is 5.11 Å². The first-order valence-electron chi connectivity index (χ1n) is 6.81. The first-order valence-corrected chi connectivity index (χ1v) is 6.81. The third-order valence-electron chi connectivity index (χ3n) is 3.98. The highest BCUT2D eigenvalue weighted by atomic mass is 16.4. The van der Waals surface area contributed by atoms with E-state index < -0.39 is 5.97 Å². The fraction of sp³-hybridized carbons (Fsp3) is 0.643. The average molecular weight is 264 g/mol. The molecule has 1 aliphatic rings. The number of aryl methyl sites for hydroxylation is 1. The van der Waals surface area contributed by atoms with Crippen molar-refractivity contribution in [3.05, 3.63) is 27.4 Å². The van der Waals surface area contributed by atoms with E-state index in [0.717, 1.165) is 36.9 Å². The Bertz CT molecular complexity index is 542. The van der Waals surface area contributed by atoms with Crippen molar-refractivity contribution in [2.24, 2.45) is 0 Å². The van der Waals surface area contributed by atoms with Crippen molar-refractivity contribution in [1.29, 1.82) is 0 Å². The van der Waals surface area contributed by atoms with Gasteiger partial charge in [-0.15, -0.1) is 0 Å². The quantitative estimate of drug-likeness (QED) is 0.902. The molecule has 1 fully saturated rings. The first kappa shape index (κ1) is 13.8. The van der Waals surface area contributed by atoms with Gasteiger partial charge in [0.2, 0.25) is 0 Å². The smallest absolute Gasteiger partial charge is 0.348 e. The molecule has 1 aromatic heterocycles. The van der Waals surface area contributed by atoms with Crippen LogP contribution in [0.3, 0.4) is 0 Å². The zero-order chi connectivity index (χ0) is 14.0. The maximum absolute atomic E-state index is 12.1. The number of aliphatic carboxylic acids is 1. The number of carboxylic acid groups (broad SMARTS) is 1. The molecule has 1 N–H and O–H groups in total. The molecular formula is C14H20N2O3. The Balaban J connectivity index is 2.40. The molecule has 1 heterocycles. The average Bonchev–Trinajstić information content (AvgIpc) is 2.81. The van der Waals surface area contributed by atoms with Gasteiger partial charge >= 0.3 is 11.7 Å². The Morgan fingerprint density at radius 3 is 2.58 bits per heavy atom. The van der Waals surface area contributed by atoms with Crippen LogP contribution in [0.4, 0.5) is 0 Å². The number of carbonyl (C=O) groups is 1. The van der Waals surface area contributed by atoms with Gasteiger partial charge in [-0.3, -0.25) is 9.36 Å². The van der Waals surface area contributed by atoms with Crippen LogP contribution in [0, 0.1) is 13.8 Å². The summed E-state index contributed by atoms with van der Waals surface area (Å²) < 4.78 is 1.77. The second-order valence-electron chi connectivity index (χ2n) is 5.25. The Labute approximate surface area is 112 Å². The zero-order valence-electron chi connectivity index (χ0n) is 11.5. The van der Waals surface area contributed by atoms with Crippen LogP contribution in [-0.4, -0.2) is 20.6 Å². The molecule has 1 saturated carbocycles. The number of hydrogen-bond donors (Lipinski definition) is 1. The van der Waals surface area contributed by atoms with E-state index in [4.69, 9.17) is 5.11 Å². The maximum atomic E-state index is 12.1. The van der Waals surface area contributed by atoms with Crippen molar-refractivity contribution >= 4 is 5.97 Å². The SMILES string of the molecule is Cc1nc(=O)n(C2CCCC2)c(C)c1CCC(=O)O. The van der Waals surface area contributed by atoms with Crippen molar-refractivity contribution < 1.29 is 9.90 Å². The standard InChI is InChI=1S/C14H20N2O3/c1-9-12(7-8-13(17)18)10(2)16(14(19)15-9)11-5-3-4-6-11/h11H,3-8H2,1-2H3,(H,17,18). The summed E-state index contributed by atoms with van der Waals surface area (Å²) in [4.78, 5) is 26.9. The second-order valence-corrected chi connectivity index (χ2v) is 5.25. The number of nitrogens with zero attached hydrogens (tertiary/aromatic N) is 2. The van der Waals surface area contributed by atoms with Crippen LogP contribution < -0.4 is 5.69 Å². The summed E-state index contributed by atoms with van der Waals surface area (Å²) in [6.07, 6.45) is 4.84. The van der Waals surface area contributed by atoms with Crippen molar-refractivity contribution in [2.45, 2.75) is 58.4 Å². The minimum atomic E-state index is -0.822. The largest absolute Gasteiger partial charge is 0.481 e. The summed E-state index contributed by atoms with van der Waals surface area (Å²) in [5, 5.41) is 8.80. The van der Waals surface area contributed by atoms with Crippen LogP contribution in [-0.2, 0) is 11.2 Å². The fourth-order valence-electron chi connectivity index (χ4n) is 3.00. The molecular weight excluding hydrogens is 244 g/mol. The molecule has 0 unspecified atom stereocenters. The minimum absolute atomic E-state index is 0.0756. The van der Waals surface area contributed by atoms with Gasteiger partial charge in [-0.25, -0.2) is 4.79 Å². The number of rotatable bonds is 4. The molecule has 0 aliphatic heterocycles. The topological polar surface area (TPSA) is 72.2 Å². The van der Waals surface area contributed by atoms with Crippen LogP contribution >= 0.6 is 0 Å². The molecule has 104 valence electrons. The molecule has 0 saturated heterocycles. The molecule has 19 heavy (non-hydrogen) atoms. The summed E-state index contributed by atoms with van der Waals surface area (Å²) >= 11 is 0. The third kappa shape index (κ3) is 2.85. The van der Waals surface area contributed by atoms with E-state index in [1.54, 1.807) is 11.5 Å². The van der Waals surface area contributed by atoms with Crippen LogP contribution in [0.5, 0.6) is 0 Å². The van der Waals surface area contributed by atoms with Gasteiger partial charge in [-0.2, -0.15) is 4.98 Å². The predicted molar refractivity (Wildman–Crippen MR) is 71.4 cm³/mol. The lowest BCUT2D eigenvalue weighted by molar-refractivity contribution is -0.136. The van der Waals surface area contributed by atoms with Gasteiger partial charge in [0.15, 0.2) is 0 Å². The van der Waals surface area contributed by atoms with E-state index in [0.29, 0.717) is 12.1 Å². The highest BCUT2D eigenvalue weighted by Crippen LogP contribution is 2.30. The van der Waals surface area contributed by atoms with Gasteiger partial charge in [0.1, 0.15) is 0 Å². The fourth-order valence-corrected chi connectivity index (χ4v) is 3.00. The van der Waals surface area contributed by atoms with Gasteiger partial charge in [0.05, 0.1) is 0 Å². The lowest BCUT2D eigenvalue weighted by atomic mass is 10.1. The Morgan fingerprint density at radius 1 is 1.37 bits per heavy atom. The van der Waals surface area contributed by atoms with Crippen molar-refractivity contribution in [1.82, 2.24) is 9.55 Å². The summed E-state index contributed by atoms with van der Waals surface area (Å²) in [6.45, 7) is 3.69. The molecule has 2 rings (SSSR count). The zero-order valence-corrected chi connectivity index (χ0v) is 11.5.